The zero-order chi connectivity index (χ0) is 30.2. The van der Waals surface area contributed by atoms with Crippen LogP contribution in [0.1, 0.15) is 24.0 Å². The molecular weight excluding hydrogens is 609 g/mol. The number of ether oxygens (including phenoxy) is 1. The molecular formula is C29H32Cl3N3O5S. The number of rotatable bonds is 13. The van der Waals surface area contributed by atoms with Crippen LogP contribution in [-0.2, 0) is 32.6 Å². The number of amides is 2. The van der Waals surface area contributed by atoms with Gasteiger partial charge in [-0.15, -0.1) is 0 Å². The molecule has 0 bridgehead atoms. The first-order valence-electron chi connectivity index (χ1n) is 12.7. The molecule has 1 atom stereocenters. The molecule has 0 unspecified atom stereocenters. The molecule has 8 nitrogen and oxygen atoms in total. The van der Waals surface area contributed by atoms with E-state index in [2.05, 4.69) is 5.32 Å². The number of carbonyl (C=O) groups is 2. The predicted octanol–water partition coefficient (Wildman–Crippen LogP) is 5.59. The molecule has 0 radical (unpaired) electrons. The molecule has 1 N–H and O–H groups in total. The van der Waals surface area contributed by atoms with Gasteiger partial charge in [0.15, 0.2) is 0 Å². The molecule has 3 aromatic rings. The fourth-order valence-corrected chi connectivity index (χ4v) is 6.05. The van der Waals surface area contributed by atoms with E-state index in [4.69, 9.17) is 39.5 Å². The van der Waals surface area contributed by atoms with Gasteiger partial charge in [0.05, 0.1) is 24.1 Å². The van der Waals surface area contributed by atoms with E-state index in [1.165, 1.54) is 29.4 Å². The van der Waals surface area contributed by atoms with Crippen molar-refractivity contribution in [2.45, 2.75) is 31.8 Å². The molecule has 0 aliphatic carbocycles. The highest BCUT2D eigenvalue weighted by Gasteiger charge is 2.30. The molecule has 0 aromatic heterocycles. The smallest absolute Gasteiger partial charge is 0.242 e. The minimum absolute atomic E-state index is 0.0199. The van der Waals surface area contributed by atoms with Gasteiger partial charge in [-0.05, 0) is 47.9 Å². The number of hydrogen-bond donors (Lipinski definition) is 1. The molecule has 0 spiro atoms. The normalized spacial score (nSPS) is 12.0. The highest BCUT2D eigenvalue weighted by atomic mass is 35.5. The maximum Gasteiger partial charge on any atom is 0.242 e. The fraction of sp³-hybridized carbons (Fsp3) is 0.310. The average Bonchev–Trinajstić information content (AvgIpc) is 2.93. The van der Waals surface area contributed by atoms with Crippen molar-refractivity contribution in [1.82, 2.24) is 10.2 Å². The van der Waals surface area contributed by atoms with Crippen LogP contribution in [0.15, 0.2) is 66.7 Å². The second kappa shape index (κ2) is 14.8. The van der Waals surface area contributed by atoms with E-state index in [-0.39, 0.29) is 49.2 Å². The van der Waals surface area contributed by atoms with E-state index in [0.717, 1.165) is 11.8 Å². The highest BCUT2D eigenvalue weighted by molar-refractivity contribution is 7.92. The topological polar surface area (TPSA) is 96.0 Å². The molecule has 220 valence electrons. The van der Waals surface area contributed by atoms with E-state index < -0.39 is 16.1 Å². The molecule has 0 aliphatic heterocycles. The predicted molar refractivity (Wildman–Crippen MR) is 164 cm³/mol. The molecule has 0 saturated heterocycles. The molecule has 3 aromatic carbocycles. The molecule has 12 heteroatoms. The molecule has 0 saturated carbocycles. The van der Waals surface area contributed by atoms with Gasteiger partial charge in [0.2, 0.25) is 21.8 Å². The first-order chi connectivity index (χ1) is 19.4. The molecule has 2 amide bonds. The summed E-state index contributed by atoms with van der Waals surface area (Å²) >= 11 is 18.7. The monoisotopic (exact) mass is 639 g/mol. The molecule has 3 rings (SSSR count). The Labute approximate surface area is 256 Å². The van der Waals surface area contributed by atoms with Crippen molar-refractivity contribution in [3.8, 4) is 5.75 Å². The van der Waals surface area contributed by atoms with Crippen molar-refractivity contribution in [2.75, 3.05) is 31.3 Å². The van der Waals surface area contributed by atoms with Crippen LogP contribution in [0.5, 0.6) is 5.75 Å². The summed E-state index contributed by atoms with van der Waals surface area (Å²) < 4.78 is 31.6. The van der Waals surface area contributed by atoms with Crippen molar-refractivity contribution in [3.05, 3.63) is 92.9 Å². The number of methoxy groups -OCH3 is 1. The Kier molecular flexibility index (Phi) is 11.7. The third-order valence-corrected chi connectivity index (χ3v) is 8.53. The number of nitrogens with zero attached hydrogens (tertiary/aromatic N) is 2. The number of hydrogen-bond acceptors (Lipinski definition) is 5. The Balaban J connectivity index is 1.88. The Bertz CT molecular complexity index is 1470. The van der Waals surface area contributed by atoms with Gasteiger partial charge in [-0.3, -0.25) is 13.9 Å². The number of anilines is 1. The van der Waals surface area contributed by atoms with E-state index in [1.807, 2.05) is 30.3 Å². The maximum atomic E-state index is 13.8. The summed E-state index contributed by atoms with van der Waals surface area (Å²) in [6.45, 7) is 0.0791. The quantitative estimate of drug-likeness (QED) is 0.263. The Hall–Kier alpha value is -2.98. The minimum Gasteiger partial charge on any atom is -0.495 e. The summed E-state index contributed by atoms with van der Waals surface area (Å²) in [6.07, 6.45) is 1.52. The van der Waals surface area contributed by atoms with Crippen LogP contribution < -0.4 is 14.4 Å². The van der Waals surface area contributed by atoms with E-state index >= 15 is 0 Å². The van der Waals surface area contributed by atoms with Crippen LogP contribution in [0, 0.1) is 0 Å². The van der Waals surface area contributed by atoms with Gasteiger partial charge < -0.3 is 15.0 Å². The maximum absolute atomic E-state index is 13.8. The van der Waals surface area contributed by atoms with Gasteiger partial charge in [0.25, 0.3) is 0 Å². The lowest BCUT2D eigenvalue weighted by atomic mass is 10.0. The zero-order valence-corrected chi connectivity index (χ0v) is 26.0. The number of sulfonamides is 1. The zero-order valence-electron chi connectivity index (χ0n) is 22.9. The lowest BCUT2D eigenvalue weighted by molar-refractivity contribution is -0.141. The summed E-state index contributed by atoms with van der Waals surface area (Å²) in [5.41, 5.74) is 1.85. The third-order valence-electron chi connectivity index (χ3n) is 6.45. The Morgan fingerprint density at radius 2 is 1.68 bits per heavy atom. The SMILES string of the molecule is CNC(=O)[C@H](Cc1ccccc1)N(Cc1ccc(Cl)cc1Cl)C(=O)CCCN(c1ccc(OC)c(Cl)c1)S(C)(=O)=O. The standard InChI is InChI=1S/C29H32Cl3N3O5S/c1-33-29(37)26(16-20-8-5-4-6-9-20)34(19-21-11-12-22(30)17-24(21)31)28(36)10-7-15-35(41(3,38)39)23-13-14-27(40-2)25(32)18-23/h4-6,8-9,11-14,17-18,26H,7,10,15-16,19H2,1-3H3,(H,33,37)/t26-/m0/s1. The summed E-state index contributed by atoms with van der Waals surface area (Å²) in [5.74, 6) is -0.256. The van der Waals surface area contributed by atoms with Crippen molar-refractivity contribution >= 4 is 62.3 Å². The van der Waals surface area contributed by atoms with Crippen LogP contribution in [0.3, 0.4) is 0 Å². The molecule has 0 fully saturated rings. The minimum atomic E-state index is -3.69. The molecule has 0 aliphatic rings. The summed E-state index contributed by atoms with van der Waals surface area (Å²) in [6, 6.07) is 18.2. The first-order valence-corrected chi connectivity index (χ1v) is 15.7. The second-order valence-corrected chi connectivity index (χ2v) is 12.5. The van der Waals surface area contributed by atoms with Gasteiger partial charge in [-0.1, -0.05) is 71.2 Å². The van der Waals surface area contributed by atoms with E-state index in [0.29, 0.717) is 27.0 Å². The van der Waals surface area contributed by atoms with Gasteiger partial charge in [0, 0.05) is 43.0 Å². The summed E-state index contributed by atoms with van der Waals surface area (Å²) in [5, 5.41) is 3.74. The number of halogens is 3. The molecule has 41 heavy (non-hydrogen) atoms. The Morgan fingerprint density at radius 1 is 0.976 bits per heavy atom. The van der Waals surface area contributed by atoms with Crippen molar-refractivity contribution < 1.29 is 22.7 Å². The average molecular weight is 641 g/mol. The van der Waals surface area contributed by atoms with Gasteiger partial charge in [-0.25, -0.2) is 8.42 Å². The van der Waals surface area contributed by atoms with Crippen molar-refractivity contribution in [2.24, 2.45) is 0 Å². The van der Waals surface area contributed by atoms with Crippen LogP contribution >= 0.6 is 34.8 Å². The van der Waals surface area contributed by atoms with Crippen molar-refractivity contribution in [3.63, 3.8) is 0 Å². The third kappa shape index (κ3) is 9.00. The largest absolute Gasteiger partial charge is 0.495 e. The lowest BCUT2D eigenvalue weighted by Crippen LogP contribution is -2.49. The van der Waals surface area contributed by atoms with Crippen LogP contribution in [0.25, 0.3) is 0 Å². The van der Waals surface area contributed by atoms with Crippen molar-refractivity contribution in [1.29, 1.82) is 0 Å². The number of likely N-dealkylation sites (N-methyl/N-ethyl adjacent to an activating group) is 1. The molecule has 0 heterocycles. The lowest BCUT2D eigenvalue weighted by Gasteiger charge is -2.32. The summed E-state index contributed by atoms with van der Waals surface area (Å²) in [4.78, 5) is 28.3. The number of benzene rings is 3. The number of nitrogens with one attached hydrogen (secondary N) is 1. The van der Waals surface area contributed by atoms with Crippen LogP contribution in [-0.4, -0.2) is 58.1 Å². The van der Waals surface area contributed by atoms with Crippen LogP contribution in [0.2, 0.25) is 15.1 Å². The Morgan fingerprint density at radius 3 is 2.27 bits per heavy atom. The fourth-order valence-electron chi connectivity index (χ4n) is 4.37. The van der Waals surface area contributed by atoms with E-state index in [9.17, 15) is 18.0 Å². The number of carbonyl (C=O) groups excluding carboxylic acids is 2. The van der Waals surface area contributed by atoms with Gasteiger partial charge in [-0.2, -0.15) is 0 Å². The first kappa shape index (κ1) is 32.5. The van der Waals surface area contributed by atoms with Gasteiger partial charge in [0.1, 0.15) is 11.8 Å². The van der Waals surface area contributed by atoms with E-state index in [1.54, 1.807) is 30.3 Å². The van der Waals surface area contributed by atoms with Gasteiger partial charge >= 0.3 is 0 Å². The van der Waals surface area contributed by atoms with Crippen LogP contribution in [0.4, 0.5) is 5.69 Å². The second-order valence-electron chi connectivity index (χ2n) is 9.33. The highest BCUT2D eigenvalue weighted by Crippen LogP contribution is 2.30. The summed E-state index contributed by atoms with van der Waals surface area (Å²) in [7, 11) is -0.708.